The number of rotatable bonds is 4. The van der Waals surface area contributed by atoms with Crippen molar-refractivity contribution in [2.75, 3.05) is 7.11 Å². The number of hydrogen-bond acceptors (Lipinski definition) is 4. The van der Waals surface area contributed by atoms with E-state index >= 15 is 0 Å². The first-order valence-electron chi connectivity index (χ1n) is 5.99. The van der Waals surface area contributed by atoms with Crippen LogP contribution in [0.1, 0.15) is 5.56 Å². The average Bonchev–Trinajstić information content (AvgIpc) is 2.47. The highest BCUT2D eigenvalue weighted by molar-refractivity contribution is 7.87. The zero-order chi connectivity index (χ0) is 16.4. The molecule has 0 N–H and O–H groups in total. The van der Waals surface area contributed by atoms with Crippen LogP contribution in [0.15, 0.2) is 53.4 Å². The van der Waals surface area contributed by atoms with Gasteiger partial charge in [0.1, 0.15) is 4.90 Å². The fourth-order valence-corrected chi connectivity index (χ4v) is 2.67. The van der Waals surface area contributed by atoms with Crippen LogP contribution in [-0.2, 0) is 16.3 Å². The number of benzene rings is 2. The van der Waals surface area contributed by atoms with Crippen LogP contribution < -0.4 is 8.92 Å². The van der Waals surface area contributed by atoms with Crippen LogP contribution in [0.3, 0.4) is 0 Å². The van der Waals surface area contributed by atoms with E-state index in [2.05, 4.69) is 0 Å². The zero-order valence-corrected chi connectivity index (χ0v) is 12.1. The number of methoxy groups -OCH3 is 1. The normalized spacial score (nSPS) is 12.0. The summed E-state index contributed by atoms with van der Waals surface area (Å²) < 4.78 is 71.9. The van der Waals surface area contributed by atoms with E-state index in [0.29, 0.717) is 6.07 Å². The average molecular weight is 332 g/mol. The molecule has 0 amide bonds. The largest absolute Gasteiger partial charge is 0.493 e. The molecule has 0 heterocycles. The van der Waals surface area contributed by atoms with Crippen molar-refractivity contribution in [1.29, 1.82) is 0 Å². The van der Waals surface area contributed by atoms with E-state index in [1.165, 1.54) is 25.3 Å². The molecule has 0 saturated carbocycles. The van der Waals surface area contributed by atoms with Crippen molar-refractivity contribution in [1.82, 2.24) is 0 Å². The van der Waals surface area contributed by atoms with Crippen molar-refractivity contribution in [3.63, 3.8) is 0 Å². The standard InChI is InChI=1S/C14H11F3O4S/c1-20-12-7-2-3-8-13(12)21-22(18,19)11-6-4-5-10(9-11)14(15,16)17/h2-9H,1H3. The first kappa shape index (κ1) is 16.2. The van der Waals surface area contributed by atoms with Gasteiger partial charge in [-0.2, -0.15) is 21.6 Å². The van der Waals surface area contributed by atoms with E-state index in [1.807, 2.05) is 0 Å². The van der Waals surface area contributed by atoms with Crippen molar-refractivity contribution in [3.8, 4) is 11.5 Å². The summed E-state index contributed by atoms with van der Waals surface area (Å²) >= 11 is 0. The Bertz CT molecular complexity index is 770. The smallest absolute Gasteiger partial charge is 0.416 e. The monoisotopic (exact) mass is 332 g/mol. The molecule has 22 heavy (non-hydrogen) atoms. The lowest BCUT2D eigenvalue weighted by atomic mass is 10.2. The molecule has 0 unspecified atom stereocenters. The highest BCUT2D eigenvalue weighted by Crippen LogP contribution is 2.32. The molecule has 0 spiro atoms. The molecule has 8 heteroatoms. The molecule has 0 saturated heterocycles. The predicted octanol–water partition coefficient (Wildman–Crippen LogP) is 3.48. The van der Waals surface area contributed by atoms with Gasteiger partial charge in [-0.15, -0.1) is 0 Å². The van der Waals surface area contributed by atoms with Crippen LogP contribution in [-0.4, -0.2) is 15.5 Å². The minimum Gasteiger partial charge on any atom is -0.493 e. The topological polar surface area (TPSA) is 52.6 Å². The molecule has 0 fully saturated rings. The highest BCUT2D eigenvalue weighted by atomic mass is 32.2. The Morgan fingerprint density at radius 2 is 1.59 bits per heavy atom. The SMILES string of the molecule is COc1ccccc1OS(=O)(=O)c1cccc(C(F)(F)F)c1. The van der Waals surface area contributed by atoms with E-state index in [0.717, 1.165) is 18.2 Å². The minimum absolute atomic E-state index is 0.109. The second-order valence-corrected chi connectivity index (χ2v) is 5.76. The molecule has 118 valence electrons. The van der Waals surface area contributed by atoms with Crippen molar-refractivity contribution in [2.45, 2.75) is 11.1 Å². The van der Waals surface area contributed by atoms with Gasteiger partial charge in [0.2, 0.25) is 0 Å². The number of ether oxygens (including phenoxy) is 1. The summed E-state index contributed by atoms with van der Waals surface area (Å²) in [6.45, 7) is 0. The molecule has 0 aliphatic rings. The Labute approximate surface area is 125 Å². The first-order chi connectivity index (χ1) is 10.2. The van der Waals surface area contributed by atoms with Gasteiger partial charge in [0.25, 0.3) is 0 Å². The van der Waals surface area contributed by atoms with Gasteiger partial charge in [0, 0.05) is 0 Å². The maximum absolute atomic E-state index is 12.6. The molecule has 4 nitrogen and oxygen atoms in total. The number of alkyl halides is 3. The van der Waals surface area contributed by atoms with E-state index in [1.54, 1.807) is 6.07 Å². The Hall–Kier alpha value is -2.22. The fourth-order valence-electron chi connectivity index (χ4n) is 1.68. The van der Waals surface area contributed by atoms with Gasteiger partial charge < -0.3 is 8.92 Å². The number of hydrogen-bond donors (Lipinski definition) is 0. The summed E-state index contributed by atoms with van der Waals surface area (Å²) in [5, 5.41) is 0. The maximum atomic E-state index is 12.6. The summed E-state index contributed by atoms with van der Waals surface area (Å²) in [5.41, 5.74) is -1.07. The second kappa shape index (κ2) is 5.88. The molecule has 0 bridgehead atoms. The van der Waals surface area contributed by atoms with Crippen molar-refractivity contribution in [2.24, 2.45) is 0 Å². The molecule has 0 aromatic heterocycles. The van der Waals surface area contributed by atoms with Gasteiger partial charge in [0.15, 0.2) is 11.5 Å². The summed E-state index contributed by atoms with van der Waals surface area (Å²) in [4.78, 5) is -0.590. The van der Waals surface area contributed by atoms with E-state index in [4.69, 9.17) is 8.92 Å². The van der Waals surface area contributed by atoms with E-state index in [-0.39, 0.29) is 11.5 Å². The first-order valence-corrected chi connectivity index (χ1v) is 7.39. The molecule has 2 aromatic carbocycles. The van der Waals surface area contributed by atoms with Crippen molar-refractivity contribution in [3.05, 3.63) is 54.1 Å². The lowest BCUT2D eigenvalue weighted by Gasteiger charge is -2.12. The Kier molecular flexibility index (Phi) is 4.32. The third kappa shape index (κ3) is 3.51. The zero-order valence-electron chi connectivity index (χ0n) is 11.3. The number of halogens is 3. The van der Waals surface area contributed by atoms with Gasteiger partial charge in [-0.05, 0) is 30.3 Å². The number of para-hydroxylation sites is 2. The summed E-state index contributed by atoms with van der Waals surface area (Å²) in [6.07, 6.45) is -4.64. The van der Waals surface area contributed by atoms with Crippen LogP contribution in [0.2, 0.25) is 0 Å². The van der Waals surface area contributed by atoms with Gasteiger partial charge in [-0.1, -0.05) is 18.2 Å². The highest BCUT2D eigenvalue weighted by Gasteiger charge is 2.32. The molecule has 2 aromatic rings. The Morgan fingerprint density at radius 3 is 2.18 bits per heavy atom. The fraction of sp³-hybridized carbons (Fsp3) is 0.143. The molecule has 0 aliphatic heterocycles. The minimum atomic E-state index is -4.64. The van der Waals surface area contributed by atoms with E-state index < -0.39 is 26.8 Å². The maximum Gasteiger partial charge on any atom is 0.416 e. The lowest BCUT2D eigenvalue weighted by Crippen LogP contribution is -2.12. The van der Waals surface area contributed by atoms with Crippen LogP contribution >= 0.6 is 0 Å². The second-order valence-electron chi connectivity index (χ2n) is 4.21. The summed E-state index contributed by atoms with van der Waals surface area (Å²) in [6, 6.07) is 9.25. The van der Waals surface area contributed by atoms with Gasteiger partial charge >= 0.3 is 16.3 Å². The van der Waals surface area contributed by atoms with Crippen LogP contribution in [0.5, 0.6) is 11.5 Å². The summed E-state index contributed by atoms with van der Waals surface area (Å²) in [5.74, 6) is 0.0421. The molecular formula is C14H11F3O4S. The van der Waals surface area contributed by atoms with Gasteiger partial charge in [0.05, 0.1) is 12.7 Å². The van der Waals surface area contributed by atoms with E-state index in [9.17, 15) is 21.6 Å². The molecule has 0 radical (unpaired) electrons. The molecule has 2 rings (SSSR count). The van der Waals surface area contributed by atoms with Crippen LogP contribution in [0.4, 0.5) is 13.2 Å². The third-order valence-electron chi connectivity index (χ3n) is 2.72. The third-order valence-corrected chi connectivity index (χ3v) is 3.95. The van der Waals surface area contributed by atoms with Crippen LogP contribution in [0, 0.1) is 0 Å². The Morgan fingerprint density at radius 1 is 0.955 bits per heavy atom. The van der Waals surface area contributed by atoms with Crippen molar-refractivity contribution >= 4 is 10.1 Å². The van der Waals surface area contributed by atoms with Gasteiger partial charge in [-0.25, -0.2) is 0 Å². The van der Waals surface area contributed by atoms with Crippen molar-refractivity contribution < 1.29 is 30.5 Å². The lowest BCUT2D eigenvalue weighted by molar-refractivity contribution is -0.137. The summed E-state index contributed by atoms with van der Waals surface area (Å²) in [7, 11) is -3.09. The predicted molar refractivity (Wildman–Crippen MR) is 72.3 cm³/mol. The van der Waals surface area contributed by atoms with Crippen LogP contribution in [0.25, 0.3) is 0 Å². The molecule has 0 aliphatic carbocycles. The van der Waals surface area contributed by atoms with Gasteiger partial charge in [-0.3, -0.25) is 0 Å². The quantitative estimate of drug-likeness (QED) is 0.805. The Balaban J connectivity index is 2.39. The molecule has 0 atom stereocenters. The molecular weight excluding hydrogens is 321 g/mol.